The maximum absolute atomic E-state index is 13.1. The number of piperidine rings is 1. The molecule has 2 heterocycles. The van der Waals surface area contributed by atoms with Gasteiger partial charge in [-0.1, -0.05) is 24.3 Å². The molecule has 0 bridgehead atoms. The number of anilines is 1. The number of non-ortho nitro benzene ring substituents is 1. The summed E-state index contributed by atoms with van der Waals surface area (Å²) in [5.74, 6) is -0.287. The second-order valence-electron chi connectivity index (χ2n) is 9.46. The van der Waals surface area contributed by atoms with E-state index in [1.54, 1.807) is 6.07 Å². The zero-order chi connectivity index (χ0) is 24.1. The molecule has 2 unspecified atom stereocenters. The molecule has 0 aromatic heterocycles. The summed E-state index contributed by atoms with van der Waals surface area (Å²) in [5.41, 5.74) is 3.28. The average Bonchev–Trinajstić information content (AvgIpc) is 2.83. The summed E-state index contributed by atoms with van der Waals surface area (Å²) in [6.45, 7) is 9.01. The molecule has 2 aromatic carbocycles. The maximum atomic E-state index is 13.1. The highest BCUT2D eigenvalue weighted by atomic mass is 16.6. The Balaban J connectivity index is 1.40. The van der Waals surface area contributed by atoms with Crippen molar-refractivity contribution in [3.63, 3.8) is 0 Å². The van der Waals surface area contributed by atoms with Crippen LogP contribution in [0.25, 0.3) is 0 Å². The lowest BCUT2D eigenvalue weighted by Gasteiger charge is -2.35. The van der Waals surface area contributed by atoms with Crippen molar-refractivity contribution in [2.24, 2.45) is 0 Å². The summed E-state index contributed by atoms with van der Waals surface area (Å²) >= 11 is 0. The van der Waals surface area contributed by atoms with Crippen molar-refractivity contribution in [3.05, 3.63) is 69.3 Å². The van der Waals surface area contributed by atoms with Crippen molar-refractivity contribution < 1.29 is 14.5 Å². The van der Waals surface area contributed by atoms with E-state index in [0.29, 0.717) is 12.1 Å². The predicted molar refractivity (Wildman–Crippen MR) is 132 cm³/mol. The number of amides is 1. The minimum absolute atomic E-state index is 0.0676. The third-order valence-electron chi connectivity index (χ3n) is 6.51. The molecule has 2 fully saturated rings. The Hall–Kier alpha value is -2.97. The summed E-state index contributed by atoms with van der Waals surface area (Å²) < 4.78 is 5.81. The van der Waals surface area contributed by atoms with Gasteiger partial charge in [0.15, 0.2) is 0 Å². The number of nitro benzene ring substituents is 1. The molecular weight excluding hydrogens is 432 g/mol. The van der Waals surface area contributed by atoms with Crippen molar-refractivity contribution in [1.82, 2.24) is 10.2 Å². The first-order valence-electron chi connectivity index (χ1n) is 12.2. The van der Waals surface area contributed by atoms with Crippen LogP contribution in [0.3, 0.4) is 0 Å². The highest BCUT2D eigenvalue weighted by Crippen LogP contribution is 2.28. The van der Waals surface area contributed by atoms with Gasteiger partial charge >= 0.3 is 0 Å². The van der Waals surface area contributed by atoms with Crippen LogP contribution in [0, 0.1) is 10.1 Å². The number of morpholine rings is 1. The summed E-state index contributed by atoms with van der Waals surface area (Å²) in [6, 6.07) is 12.8. The van der Waals surface area contributed by atoms with Crippen LogP contribution in [0.4, 0.5) is 11.4 Å². The Kier molecular flexibility index (Phi) is 7.80. The number of hydrogen-bond donors (Lipinski definition) is 1. The Bertz CT molecular complexity index is 994. The average molecular weight is 467 g/mol. The number of nitro groups is 1. The fourth-order valence-corrected chi connectivity index (χ4v) is 4.94. The largest absolute Gasteiger partial charge is 0.373 e. The van der Waals surface area contributed by atoms with Gasteiger partial charge in [-0.2, -0.15) is 0 Å². The molecule has 2 saturated heterocycles. The van der Waals surface area contributed by atoms with Gasteiger partial charge in [-0.3, -0.25) is 19.8 Å². The standard InChI is InChI=1S/C26H34N4O4/c1-19-16-28(17-20(2)34-19)18-22-8-6-21(7-9-22)15-27-26(31)24-14-23(30(32)33)10-11-25(24)29-12-4-3-5-13-29/h6-11,14,19-20H,3-5,12-13,15-18H2,1-2H3,(H,27,31). The molecule has 0 saturated carbocycles. The van der Waals surface area contributed by atoms with E-state index in [1.807, 2.05) is 12.1 Å². The molecule has 2 aliphatic heterocycles. The van der Waals surface area contributed by atoms with Crippen LogP contribution < -0.4 is 10.2 Å². The van der Waals surface area contributed by atoms with Crippen molar-refractivity contribution in [2.45, 2.75) is 58.4 Å². The number of carbonyl (C=O) groups is 1. The number of nitrogens with zero attached hydrogens (tertiary/aromatic N) is 3. The van der Waals surface area contributed by atoms with E-state index in [1.165, 1.54) is 24.1 Å². The number of rotatable bonds is 7. The van der Waals surface area contributed by atoms with Crippen molar-refractivity contribution in [1.29, 1.82) is 0 Å². The second kappa shape index (κ2) is 11.0. The normalized spacial score (nSPS) is 21.3. The van der Waals surface area contributed by atoms with Crippen LogP contribution in [0.2, 0.25) is 0 Å². The Morgan fingerprint density at radius 3 is 2.32 bits per heavy atom. The van der Waals surface area contributed by atoms with E-state index in [4.69, 9.17) is 4.74 Å². The molecule has 0 spiro atoms. The maximum Gasteiger partial charge on any atom is 0.270 e. The van der Waals surface area contributed by atoms with Gasteiger partial charge in [0, 0.05) is 51.4 Å². The Morgan fingerprint density at radius 1 is 1.03 bits per heavy atom. The lowest BCUT2D eigenvalue weighted by atomic mass is 10.1. The minimum Gasteiger partial charge on any atom is -0.373 e. The van der Waals surface area contributed by atoms with Gasteiger partial charge in [0.2, 0.25) is 0 Å². The van der Waals surface area contributed by atoms with Gasteiger partial charge in [0.25, 0.3) is 11.6 Å². The van der Waals surface area contributed by atoms with Crippen LogP contribution >= 0.6 is 0 Å². The lowest BCUT2D eigenvalue weighted by molar-refractivity contribution is -0.384. The van der Waals surface area contributed by atoms with Crippen molar-refractivity contribution >= 4 is 17.3 Å². The summed E-state index contributed by atoms with van der Waals surface area (Å²) in [4.78, 5) is 28.5. The Morgan fingerprint density at radius 2 is 1.68 bits per heavy atom. The van der Waals surface area contributed by atoms with Gasteiger partial charge < -0.3 is 15.0 Å². The van der Waals surface area contributed by atoms with Gasteiger partial charge in [-0.25, -0.2) is 0 Å². The lowest BCUT2D eigenvalue weighted by Crippen LogP contribution is -2.44. The van der Waals surface area contributed by atoms with E-state index in [9.17, 15) is 14.9 Å². The smallest absolute Gasteiger partial charge is 0.270 e. The molecular formula is C26H34N4O4. The van der Waals surface area contributed by atoms with Gasteiger partial charge in [0.1, 0.15) is 0 Å². The highest BCUT2D eigenvalue weighted by Gasteiger charge is 2.23. The van der Waals surface area contributed by atoms with Crippen LogP contribution in [-0.2, 0) is 17.8 Å². The fraction of sp³-hybridized carbons (Fsp3) is 0.500. The van der Waals surface area contributed by atoms with E-state index < -0.39 is 4.92 Å². The quantitative estimate of drug-likeness (QED) is 0.488. The molecule has 1 amide bonds. The summed E-state index contributed by atoms with van der Waals surface area (Å²) in [5, 5.41) is 14.3. The molecule has 8 heteroatoms. The number of carbonyl (C=O) groups excluding carboxylic acids is 1. The van der Waals surface area contributed by atoms with Gasteiger partial charge in [-0.05, 0) is 50.3 Å². The molecule has 0 radical (unpaired) electrons. The van der Waals surface area contributed by atoms with Crippen molar-refractivity contribution in [2.75, 3.05) is 31.1 Å². The molecule has 2 atom stereocenters. The van der Waals surface area contributed by atoms with E-state index in [2.05, 4.69) is 41.1 Å². The Labute approximate surface area is 201 Å². The third-order valence-corrected chi connectivity index (χ3v) is 6.51. The van der Waals surface area contributed by atoms with E-state index in [0.717, 1.165) is 56.8 Å². The predicted octanol–water partition coefficient (Wildman–Crippen LogP) is 4.12. The van der Waals surface area contributed by atoms with Gasteiger partial charge in [-0.15, -0.1) is 0 Å². The molecule has 2 aliphatic rings. The highest BCUT2D eigenvalue weighted by molar-refractivity contribution is 6.00. The second-order valence-corrected chi connectivity index (χ2v) is 9.46. The zero-order valence-electron chi connectivity index (χ0n) is 20.0. The first-order chi connectivity index (χ1) is 16.4. The van der Waals surface area contributed by atoms with E-state index in [-0.39, 0.29) is 23.8 Å². The molecule has 8 nitrogen and oxygen atoms in total. The topological polar surface area (TPSA) is 88.0 Å². The molecule has 0 aliphatic carbocycles. The molecule has 2 aromatic rings. The van der Waals surface area contributed by atoms with Crippen LogP contribution in [0.1, 0.15) is 54.6 Å². The molecule has 182 valence electrons. The molecule has 4 rings (SSSR count). The minimum atomic E-state index is -0.453. The number of benzene rings is 2. The molecule has 34 heavy (non-hydrogen) atoms. The van der Waals surface area contributed by atoms with Gasteiger partial charge in [0.05, 0.1) is 28.4 Å². The summed E-state index contributed by atoms with van der Waals surface area (Å²) in [7, 11) is 0. The zero-order valence-corrected chi connectivity index (χ0v) is 20.0. The number of nitrogens with one attached hydrogen (secondary N) is 1. The fourth-order valence-electron chi connectivity index (χ4n) is 4.94. The van der Waals surface area contributed by atoms with Crippen molar-refractivity contribution in [3.8, 4) is 0 Å². The first-order valence-corrected chi connectivity index (χ1v) is 12.2. The first kappa shape index (κ1) is 24.2. The number of hydrogen-bond acceptors (Lipinski definition) is 6. The monoisotopic (exact) mass is 466 g/mol. The van der Waals surface area contributed by atoms with Crippen LogP contribution in [0.15, 0.2) is 42.5 Å². The van der Waals surface area contributed by atoms with Crippen LogP contribution in [0.5, 0.6) is 0 Å². The summed E-state index contributed by atoms with van der Waals surface area (Å²) in [6.07, 6.45) is 3.77. The molecule has 1 N–H and O–H groups in total. The SMILES string of the molecule is CC1CN(Cc2ccc(CNC(=O)c3cc([N+](=O)[O-])ccc3N3CCCCC3)cc2)CC(C)O1. The number of ether oxygens (including phenoxy) is 1. The van der Waals surface area contributed by atoms with E-state index >= 15 is 0 Å². The van der Waals surface area contributed by atoms with Crippen LogP contribution in [-0.4, -0.2) is 54.1 Å². The third kappa shape index (κ3) is 6.12.